The van der Waals surface area contributed by atoms with Crippen LogP contribution in [0.2, 0.25) is 0 Å². The first-order valence-electron chi connectivity index (χ1n) is 6.07. The van der Waals surface area contributed by atoms with Crippen LogP contribution in [0.15, 0.2) is 24.3 Å². The maximum absolute atomic E-state index is 9.98. The third-order valence-electron chi connectivity index (χ3n) is 2.84. The second-order valence-electron chi connectivity index (χ2n) is 4.34. The van der Waals surface area contributed by atoms with E-state index in [1.54, 1.807) is 31.4 Å². The molecule has 2 N–H and O–H groups in total. The summed E-state index contributed by atoms with van der Waals surface area (Å²) < 4.78 is 5.00. The molecule has 0 saturated carbocycles. The van der Waals surface area contributed by atoms with E-state index in [0.717, 1.165) is 12.0 Å². The Morgan fingerprint density at radius 2 is 2.06 bits per heavy atom. The van der Waals surface area contributed by atoms with Crippen molar-refractivity contribution in [3.8, 4) is 6.07 Å². The van der Waals surface area contributed by atoms with Crippen LogP contribution < -0.4 is 5.32 Å². The fraction of sp³-hybridized carbons (Fsp3) is 0.500. The van der Waals surface area contributed by atoms with E-state index >= 15 is 0 Å². The van der Waals surface area contributed by atoms with Crippen molar-refractivity contribution >= 4 is 0 Å². The van der Waals surface area contributed by atoms with Crippen LogP contribution in [0.3, 0.4) is 0 Å². The number of methoxy groups -OCH3 is 1. The van der Waals surface area contributed by atoms with Gasteiger partial charge in [0.25, 0.3) is 0 Å². The summed E-state index contributed by atoms with van der Waals surface area (Å²) in [4.78, 5) is 0. The predicted octanol–water partition coefficient (Wildman–Crippen LogP) is 1.61. The standard InChI is InChI=1S/C14H20N2O2/c1-11(7-8-18-2)16-10-14(17)13-5-3-12(9-15)4-6-13/h3-6,11,14,16-17H,7-8,10H2,1-2H3. The molecule has 1 rings (SSSR count). The number of nitrogens with one attached hydrogen (secondary N) is 1. The second kappa shape index (κ2) is 7.83. The molecule has 0 fully saturated rings. The van der Waals surface area contributed by atoms with E-state index in [1.165, 1.54) is 0 Å². The zero-order valence-corrected chi connectivity index (χ0v) is 10.9. The molecule has 4 heteroatoms. The van der Waals surface area contributed by atoms with Gasteiger partial charge in [-0.05, 0) is 31.0 Å². The maximum atomic E-state index is 9.98. The predicted molar refractivity (Wildman–Crippen MR) is 70.1 cm³/mol. The average molecular weight is 248 g/mol. The molecule has 0 spiro atoms. The molecule has 1 aromatic rings. The molecule has 0 aliphatic carbocycles. The summed E-state index contributed by atoms with van der Waals surface area (Å²) in [5.74, 6) is 0. The van der Waals surface area contributed by atoms with Crippen molar-refractivity contribution in [2.75, 3.05) is 20.3 Å². The highest BCUT2D eigenvalue weighted by molar-refractivity contribution is 5.32. The quantitative estimate of drug-likeness (QED) is 0.769. The third-order valence-corrected chi connectivity index (χ3v) is 2.84. The van der Waals surface area contributed by atoms with Crippen molar-refractivity contribution in [2.45, 2.75) is 25.5 Å². The summed E-state index contributed by atoms with van der Waals surface area (Å²) in [6, 6.07) is 9.35. The van der Waals surface area contributed by atoms with E-state index in [1.807, 2.05) is 0 Å². The molecule has 18 heavy (non-hydrogen) atoms. The highest BCUT2D eigenvalue weighted by Crippen LogP contribution is 2.13. The zero-order chi connectivity index (χ0) is 13.4. The Kier molecular flexibility index (Phi) is 6.37. The van der Waals surface area contributed by atoms with Gasteiger partial charge in [0.15, 0.2) is 0 Å². The summed E-state index contributed by atoms with van der Waals surface area (Å²) in [6.07, 6.45) is 0.360. The lowest BCUT2D eigenvalue weighted by Gasteiger charge is -2.17. The molecule has 0 bridgehead atoms. The van der Waals surface area contributed by atoms with Gasteiger partial charge in [-0.2, -0.15) is 5.26 Å². The Bertz CT molecular complexity index is 384. The first-order chi connectivity index (χ1) is 8.67. The minimum atomic E-state index is -0.553. The van der Waals surface area contributed by atoms with Gasteiger partial charge in [-0.1, -0.05) is 12.1 Å². The minimum Gasteiger partial charge on any atom is -0.387 e. The minimum absolute atomic E-state index is 0.304. The van der Waals surface area contributed by atoms with Crippen LogP contribution in [0.1, 0.15) is 30.6 Å². The Balaban J connectivity index is 2.40. The number of nitrogens with zero attached hydrogens (tertiary/aromatic N) is 1. The van der Waals surface area contributed by atoms with Crippen LogP contribution in [0, 0.1) is 11.3 Å². The van der Waals surface area contributed by atoms with Gasteiger partial charge in [0.05, 0.1) is 17.7 Å². The molecule has 0 heterocycles. The zero-order valence-electron chi connectivity index (χ0n) is 10.9. The monoisotopic (exact) mass is 248 g/mol. The number of ether oxygens (including phenoxy) is 1. The van der Waals surface area contributed by atoms with Crippen LogP contribution in [0.4, 0.5) is 0 Å². The van der Waals surface area contributed by atoms with E-state index in [-0.39, 0.29) is 0 Å². The number of hydrogen-bond donors (Lipinski definition) is 2. The fourth-order valence-electron chi connectivity index (χ4n) is 1.61. The van der Waals surface area contributed by atoms with Gasteiger partial charge in [0.2, 0.25) is 0 Å². The molecule has 98 valence electrons. The maximum Gasteiger partial charge on any atom is 0.0991 e. The molecule has 1 aromatic carbocycles. The van der Waals surface area contributed by atoms with Crippen molar-refractivity contribution in [1.29, 1.82) is 5.26 Å². The van der Waals surface area contributed by atoms with Crippen LogP contribution in [-0.2, 0) is 4.74 Å². The molecule has 2 atom stereocenters. The lowest BCUT2D eigenvalue weighted by Crippen LogP contribution is -2.31. The lowest BCUT2D eigenvalue weighted by atomic mass is 10.1. The van der Waals surface area contributed by atoms with Gasteiger partial charge in [0, 0.05) is 26.3 Å². The molecule has 0 aliphatic heterocycles. The van der Waals surface area contributed by atoms with Crippen molar-refractivity contribution in [2.24, 2.45) is 0 Å². The van der Waals surface area contributed by atoms with Gasteiger partial charge in [-0.3, -0.25) is 0 Å². The molecular weight excluding hydrogens is 228 g/mol. The van der Waals surface area contributed by atoms with Crippen LogP contribution in [-0.4, -0.2) is 31.4 Å². The topological polar surface area (TPSA) is 65.3 Å². The molecule has 0 aromatic heterocycles. The normalized spacial score (nSPS) is 13.9. The summed E-state index contributed by atoms with van der Waals surface area (Å²) >= 11 is 0. The first-order valence-corrected chi connectivity index (χ1v) is 6.07. The summed E-state index contributed by atoms with van der Waals surface area (Å²) in [7, 11) is 1.68. The average Bonchev–Trinajstić information content (AvgIpc) is 2.42. The van der Waals surface area contributed by atoms with E-state index in [0.29, 0.717) is 24.8 Å². The van der Waals surface area contributed by atoms with Crippen LogP contribution in [0.25, 0.3) is 0 Å². The number of hydrogen-bond acceptors (Lipinski definition) is 4. The number of benzene rings is 1. The van der Waals surface area contributed by atoms with Crippen LogP contribution in [0.5, 0.6) is 0 Å². The van der Waals surface area contributed by atoms with Gasteiger partial charge < -0.3 is 15.2 Å². The van der Waals surface area contributed by atoms with E-state index in [4.69, 9.17) is 10.00 Å². The smallest absolute Gasteiger partial charge is 0.0991 e. The lowest BCUT2D eigenvalue weighted by molar-refractivity contribution is 0.158. The van der Waals surface area contributed by atoms with Gasteiger partial charge in [-0.25, -0.2) is 0 Å². The fourth-order valence-corrected chi connectivity index (χ4v) is 1.61. The van der Waals surface area contributed by atoms with Crippen LogP contribution >= 0.6 is 0 Å². The molecule has 0 aliphatic rings. The van der Waals surface area contributed by atoms with Crippen molar-refractivity contribution in [3.05, 3.63) is 35.4 Å². The Hall–Kier alpha value is -1.41. The number of aliphatic hydroxyl groups excluding tert-OH is 1. The largest absolute Gasteiger partial charge is 0.387 e. The molecule has 0 saturated heterocycles. The van der Waals surface area contributed by atoms with Gasteiger partial charge in [0.1, 0.15) is 0 Å². The summed E-state index contributed by atoms with van der Waals surface area (Å²) in [6.45, 7) is 3.27. The second-order valence-corrected chi connectivity index (χ2v) is 4.34. The SMILES string of the molecule is COCCC(C)NCC(O)c1ccc(C#N)cc1. The van der Waals surface area contributed by atoms with E-state index in [9.17, 15) is 5.11 Å². The highest BCUT2D eigenvalue weighted by atomic mass is 16.5. The first kappa shape index (κ1) is 14.7. The Morgan fingerprint density at radius 1 is 1.39 bits per heavy atom. The summed E-state index contributed by atoms with van der Waals surface area (Å²) in [5.41, 5.74) is 1.42. The van der Waals surface area contributed by atoms with E-state index in [2.05, 4.69) is 18.3 Å². The van der Waals surface area contributed by atoms with Crippen molar-refractivity contribution in [3.63, 3.8) is 0 Å². The molecule has 2 unspecified atom stereocenters. The molecule has 0 radical (unpaired) electrons. The summed E-state index contributed by atoms with van der Waals surface area (Å²) in [5, 5.41) is 21.9. The van der Waals surface area contributed by atoms with Gasteiger partial charge >= 0.3 is 0 Å². The van der Waals surface area contributed by atoms with Crippen molar-refractivity contribution < 1.29 is 9.84 Å². The van der Waals surface area contributed by atoms with Gasteiger partial charge in [-0.15, -0.1) is 0 Å². The third kappa shape index (κ3) is 4.84. The number of rotatable bonds is 7. The Labute approximate surface area is 108 Å². The number of aliphatic hydroxyl groups is 1. The number of nitriles is 1. The van der Waals surface area contributed by atoms with Crippen molar-refractivity contribution in [1.82, 2.24) is 5.32 Å². The highest BCUT2D eigenvalue weighted by Gasteiger charge is 2.09. The molecule has 4 nitrogen and oxygen atoms in total. The molecule has 0 amide bonds. The Morgan fingerprint density at radius 3 is 2.61 bits per heavy atom. The van der Waals surface area contributed by atoms with E-state index < -0.39 is 6.10 Å². The molecular formula is C14H20N2O2.